The Bertz CT molecular complexity index is 906. The first-order valence-electron chi connectivity index (χ1n) is 9.70. The lowest BCUT2D eigenvalue weighted by atomic mass is 10.1. The highest BCUT2D eigenvalue weighted by molar-refractivity contribution is 6.32. The highest BCUT2D eigenvalue weighted by Gasteiger charge is 2.16. The summed E-state index contributed by atoms with van der Waals surface area (Å²) in [7, 11) is 2.14. The third-order valence-corrected chi connectivity index (χ3v) is 5.33. The second-order valence-corrected chi connectivity index (χ2v) is 7.59. The molecule has 2 aromatic carbocycles. The lowest BCUT2D eigenvalue weighted by Crippen LogP contribution is -2.44. The first kappa shape index (κ1) is 19.6. The Balaban J connectivity index is 1.36. The third-order valence-electron chi connectivity index (χ3n) is 5.05. The maximum atomic E-state index is 12.3. The number of nitrogens with one attached hydrogen (secondary N) is 1. The van der Waals surface area contributed by atoms with E-state index < -0.39 is 0 Å². The summed E-state index contributed by atoms with van der Waals surface area (Å²) >= 11 is 6.23. The summed E-state index contributed by atoms with van der Waals surface area (Å²) in [6, 6.07) is 11.5. The Kier molecular flexibility index (Phi) is 5.92. The van der Waals surface area contributed by atoms with Gasteiger partial charge in [0, 0.05) is 43.6 Å². The standard InChI is InChI=1S/C22H24ClN3O3/c1-25-8-10-26(11-9-25)18-5-3-17(4-6-18)24-21(27)7-2-16-14-19(23)22-20(15-16)28-12-13-29-22/h2-7,14-15H,8-13H2,1H3,(H,24,27)/b7-2+. The van der Waals surface area contributed by atoms with E-state index in [9.17, 15) is 4.79 Å². The van der Waals surface area contributed by atoms with Crippen LogP contribution >= 0.6 is 11.6 Å². The van der Waals surface area contributed by atoms with Gasteiger partial charge in [-0.15, -0.1) is 0 Å². The van der Waals surface area contributed by atoms with Crippen molar-refractivity contribution in [1.82, 2.24) is 4.90 Å². The Morgan fingerprint density at radius 1 is 1.07 bits per heavy atom. The topological polar surface area (TPSA) is 54.0 Å². The van der Waals surface area contributed by atoms with Gasteiger partial charge in [0.25, 0.3) is 0 Å². The van der Waals surface area contributed by atoms with Crippen LogP contribution in [-0.4, -0.2) is 57.2 Å². The predicted octanol–water partition coefficient (Wildman–Crippen LogP) is 3.51. The van der Waals surface area contributed by atoms with E-state index in [0.717, 1.165) is 37.4 Å². The van der Waals surface area contributed by atoms with Crippen LogP contribution < -0.4 is 19.7 Å². The fourth-order valence-electron chi connectivity index (χ4n) is 3.40. The van der Waals surface area contributed by atoms with E-state index in [1.165, 1.54) is 11.8 Å². The summed E-state index contributed by atoms with van der Waals surface area (Å²) in [6.45, 7) is 5.13. The molecule has 2 aromatic rings. The number of nitrogens with zero attached hydrogens (tertiary/aromatic N) is 2. The van der Waals surface area contributed by atoms with Gasteiger partial charge in [0.15, 0.2) is 11.5 Å². The van der Waals surface area contributed by atoms with Gasteiger partial charge in [0.2, 0.25) is 5.91 Å². The van der Waals surface area contributed by atoms with E-state index in [1.807, 2.05) is 30.3 Å². The molecule has 0 radical (unpaired) electrons. The Morgan fingerprint density at radius 2 is 1.79 bits per heavy atom. The number of hydrogen-bond donors (Lipinski definition) is 1. The Hall–Kier alpha value is -2.70. The number of rotatable bonds is 4. The molecule has 2 heterocycles. The second-order valence-electron chi connectivity index (χ2n) is 7.19. The maximum absolute atomic E-state index is 12.3. The van der Waals surface area contributed by atoms with E-state index in [2.05, 4.69) is 22.2 Å². The number of carbonyl (C=O) groups is 1. The van der Waals surface area contributed by atoms with Crippen LogP contribution in [-0.2, 0) is 4.79 Å². The lowest BCUT2D eigenvalue weighted by Gasteiger charge is -2.34. The molecule has 0 spiro atoms. The molecule has 6 nitrogen and oxygen atoms in total. The van der Waals surface area contributed by atoms with Crippen molar-refractivity contribution >= 4 is 35.0 Å². The molecule has 29 heavy (non-hydrogen) atoms. The minimum atomic E-state index is -0.205. The van der Waals surface area contributed by atoms with Crippen molar-refractivity contribution < 1.29 is 14.3 Å². The van der Waals surface area contributed by atoms with Crippen molar-refractivity contribution in [3.05, 3.63) is 53.1 Å². The van der Waals surface area contributed by atoms with E-state index in [0.29, 0.717) is 29.7 Å². The molecule has 2 aliphatic rings. The Labute approximate surface area is 175 Å². The summed E-state index contributed by atoms with van der Waals surface area (Å²) in [4.78, 5) is 17.0. The van der Waals surface area contributed by atoms with Crippen LogP contribution in [0.5, 0.6) is 11.5 Å². The first-order chi connectivity index (χ1) is 14.1. The molecule has 7 heteroatoms. The molecule has 0 atom stereocenters. The number of likely N-dealkylation sites (N-methyl/N-ethyl adjacent to an activating group) is 1. The van der Waals surface area contributed by atoms with Crippen molar-refractivity contribution in [3.63, 3.8) is 0 Å². The number of halogens is 1. The number of anilines is 2. The zero-order valence-corrected chi connectivity index (χ0v) is 17.1. The van der Waals surface area contributed by atoms with Crippen molar-refractivity contribution in [2.75, 3.05) is 56.7 Å². The molecule has 1 saturated heterocycles. The van der Waals surface area contributed by atoms with Crippen molar-refractivity contribution in [1.29, 1.82) is 0 Å². The molecule has 1 N–H and O–H groups in total. The van der Waals surface area contributed by atoms with Crippen LogP contribution in [0.2, 0.25) is 5.02 Å². The van der Waals surface area contributed by atoms with E-state index >= 15 is 0 Å². The van der Waals surface area contributed by atoms with Crippen molar-refractivity contribution in [2.45, 2.75) is 0 Å². The van der Waals surface area contributed by atoms with Gasteiger partial charge in [-0.25, -0.2) is 0 Å². The van der Waals surface area contributed by atoms with Gasteiger partial charge in [0.1, 0.15) is 13.2 Å². The van der Waals surface area contributed by atoms with Crippen LogP contribution in [0.1, 0.15) is 5.56 Å². The van der Waals surface area contributed by atoms with Crippen molar-refractivity contribution in [3.8, 4) is 11.5 Å². The molecule has 0 bridgehead atoms. The van der Waals surface area contributed by atoms with E-state index in [-0.39, 0.29) is 5.91 Å². The molecule has 2 aliphatic heterocycles. The molecule has 0 unspecified atom stereocenters. The average molecular weight is 414 g/mol. The van der Waals surface area contributed by atoms with Crippen LogP contribution in [0.4, 0.5) is 11.4 Å². The zero-order chi connectivity index (χ0) is 20.2. The molecule has 1 fully saturated rings. The second kappa shape index (κ2) is 8.76. The molecule has 0 aliphatic carbocycles. The highest BCUT2D eigenvalue weighted by Crippen LogP contribution is 2.38. The molecule has 4 rings (SSSR count). The number of benzene rings is 2. The van der Waals surface area contributed by atoms with Gasteiger partial charge in [-0.3, -0.25) is 4.79 Å². The summed E-state index contributed by atoms with van der Waals surface area (Å²) < 4.78 is 11.1. The number of ether oxygens (including phenoxy) is 2. The third kappa shape index (κ3) is 4.83. The normalized spacial score (nSPS) is 16.8. The van der Waals surface area contributed by atoms with Gasteiger partial charge < -0.3 is 24.6 Å². The summed E-state index contributed by atoms with van der Waals surface area (Å²) in [5, 5.41) is 3.36. The van der Waals surface area contributed by atoms with Crippen LogP contribution in [0.25, 0.3) is 6.08 Å². The summed E-state index contributed by atoms with van der Waals surface area (Å²) in [5.41, 5.74) is 2.72. The van der Waals surface area contributed by atoms with Gasteiger partial charge in [-0.1, -0.05) is 11.6 Å². The fraction of sp³-hybridized carbons (Fsp3) is 0.318. The van der Waals surface area contributed by atoms with Crippen LogP contribution in [0, 0.1) is 0 Å². The summed E-state index contributed by atoms with van der Waals surface area (Å²) in [5.74, 6) is 0.951. The van der Waals surface area contributed by atoms with Crippen LogP contribution in [0.15, 0.2) is 42.5 Å². The van der Waals surface area contributed by atoms with E-state index in [1.54, 1.807) is 12.1 Å². The molecular weight excluding hydrogens is 390 g/mol. The van der Waals surface area contributed by atoms with Crippen LogP contribution in [0.3, 0.4) is 0 Å². The first-order valence-corrected chi connectivity index (χ1v) is 10.1. The fourth-order valence-corrected chi connectivity index (χ4v) is 3.68. The van der Waals surface area contributed by atoms with Gasteiger partial charge in [-0.2, -0.15) is 0 Å². The quantitative estimate of drug-likeness (QED) is 0.777. The van der Waals surface area contributed by atoms with Gasteiger partial charge in [-0.05, 0) is 55.1 Å². The van der Waals surface area contributed by atoms with E-state index in [4.69, 9.17) is 21.1 Å². The van der Waals surface area contributed by atoms with Crippen molar-refractivity contribution in [2.24, 2.45) is 0 Å². The highest BCUT2D eigenvalue weighted by atomic mass is 35.5. The minimum absolute atomic E-state index is 0.205. The smallest absolute Gasteiger partial charge is 0.248 e. The molecular formula is C22H24ClN3O3. The number of hydrogen-bond acceptors (Lipinski definition) is 5. The zero-order valence-electron chi connectivity index (χ0n) is 16.4. The number of piperazine rings is 1. The SMILES string of the molecule is CN1CCN(c2ccc(NC(=O)/C=C/c3cc(Cl)c4c(c3)OCCO4)cc2)CC1. The molecule has 1 amide bonds. The number of carbonyl (C=O) groups excluding carboxylic acids is 1. The largest absolute Gasteiger partial charge is 0.486 e. The number of fused-ring (bicyclic) bond motifs is 1. The van der Waals surface area contributed by atoms with Gasteiger partial charge >= 0.3 is 0 Å². The average Bonchev–Trinajstić information content (AvgIpc) is 2.74. The number of amides is 1. The summed E-state index contributed by atoms with van der Waals surface area (Å²) in [6.07, 6.45) is 3.19. The Morgan fingerprint density at radius 3 is 2.55 bits per heavy atom. The predicted molar refractivity (Wildman–Crippen MR) is 116 cm³/mol. The minimum Gasteiger partial charge on any atom is -0.486 e. The lowest BCUT2D eigenvalue weighted by molar-refractivity contribution is -0.111. The monoisotopic (exact) mass is 413 g/mol. The maximum Gasteiger partial charge on any atom is 0.248 e. The van der Waals surface area contributed by atoms with Gasteiger partial charge in [0.05, 0.1) is 5.02 Å². The molecule has 0 saturated carbocycles. The molecule has 0 aromatic heterocycles. The molecule has 152 valence electrons.